The quantitative estimate of drug-likeness (QED) is 0.269. The number of hydrogen-bond donors (Lipinski definition) is 0. The van der Waals surface area contributed by atoms with Crippen molar-refractivity contribution in [2.24, 2.45) is 5.92 Å². The Morgan fingerprint density at radius 2 is 1.80 bits per heavy atom. The van der Waals surface area contributed by atoms with Crippen LogP contribution in [0.4, 0.5) is 0 Å². The number of piperidine rings is 1. The van der Waals surface area contributed by atoms with Gasteiger partial charge in [0.15, 0.2) is 0 Å². The van der Waals surface area contributed by atoms with Gasteiger partial charge in [0, 0.05) is 38.4 Å². The SMILES string of the molecule is CC(=O)Oc1cccc(C23CCN(C)CC2(OC(C)=O)CCC(N(CC(C)C)C(=O)Cc2ccc(Cl)c(Cl)c2)C3)c1. The number of fused-ring (bicyclic) bond motifs is 1. The molecule has 9 heteroatoms. The molecule has 1 heterocycles. The predicted octanol–water partition coefficient (Wildman–Crippen LogP) is 6.07. The number of amides is 1. The molecule has 0 N–H and O–H groups in total. The highest BCUT2D eigenvalue weighted by Crippen LogP contribution is 2.54. The van der Waals surface area contributed by atoms with Crippen LogP contribution in [0.2, 0.25) is 10.0 Å². The van der Waals surface area contributed by atoms with Crippen molar-refractivity contribution in [2.45, 2.75) is 76.9 Å². The summed E-state index contributed by atoms with van der Waals surface area (Å²) in [5.41, 5.74) is 0.402. The highest BCUT2D eigenvalue weighted by molar-refractivity contribution is 6.42. The first-order chi connectivity index (χ1) is 19.3. The van der Waals surface area contributed by atoms with Gasteiger partial charge in [-0.15, -0.1) is 0 Å². The molecule has 1 amide bonds. The van der Waals surface area contributed by atoms with Crippen LogP contribution in [-0.4, -0.2) is 66.0 Å². The summed E-state index contributed by atoms with van der Waals surface area (Å²) in [6, 6.07) is 12.8. The molecule has 2 aromatic rings. The van der Waals surface area contributed by atoms with Crippen molar-refractivity contribution < 1.29 is 23.9 Å². The van der Waals surface area contributed by atoms with Crippen LogP contribution in [0.3, 0.4) is 0 Å². The largest absolute Gasteiger partial charge is 0.457 e. The van der Waals surface area contributed by atoms with Gasteiger partial charge in [-0.2, -0.15) is 0 Å². The van der Waals surface area contributed by atoms with Crippen LogP contribution in [0, 0.1) is 5.92 Å². The molecule has 0 bridgehead atoms. The van der Waals surface area contributed by atoms with Crippen LogP contribution < -0.4 is 4.74 Å². The van der Waals surface area contributed by atoms with Crippen molar-refractivity contribution in [3.63, 3.8) is 0 Å². The number of rotatable bonds is 8. The normalized spacial score (nSPS) is 24.4. The van der Waals surface area contributed by atoms with E-state index in [2.05, 4.69) is 18.7 Å². The zero-order valence-corrected chi connectivity index (χ0v) is 26.1. The third kappa shape index (κ3) is 6.90. The van der Waals surface area contributed by atoms with Crippen LogP contribution in [0.5, 0.6) is 5.75 Å². The summed E-state index contributed by atoms with van der Waals surface area (Å²) in [5, 5.41) is 0.880. The smallest absolute Gasteiger partial charge is 0.308 e. The van der Waals surface area contributed by atoms with Crippen molar-refractivity contribution in [1.82, 2.24) is 9.80 Å². The minimum atomic E-state index is -0.784. The average Bonchev–Trinajstić information content (AvgIpc) is 2.88. The van der Waals surface area contributed by atoms with Gasteiger partial charge in [0.1, 0.15) is 11.4 Å². The fourth-order valence-electron chi connectivity index (χ4n) is 6.83. The second-order valence-electron chi connectivity index (χ2n) is 12.0. The summed E-state index contributed by atoms with van der Waals surface area (Å²) in [7, 11) is 2.04. The molecule has 4 rings (SSSR count). The summed E-state index contributed by atoms with van der Waals surface area (Å²) < 4.78 is 11.8. The van der Waals surface area contributed by atoms with E-state index >= 15 is 0 Å². The maximum absolute atomic E-state index is 13.9. The van der Waals surface area contributed by atoms with Gasteiger partial charge in [-0.3, -0.25) is 14.4 Å². The standard InChI is InChI=1S/C32H40Cl2N2O5/c1-21(2)19-36(30(39)16-24-9-10-28(33)29(34)15-24)26-11-12-32(41-23(4)38)20-35(5)14-13-31(32,18-26)25-7-6-8-27(17-25)40-22(3)37/h6-10,15,17,21,26H,11-14,16,18-20H2,1-5H3. The van der Waals surface area contributed by atoms with Crippen molar-refractivity contribution in [3.8, 4) is 5.75 Å². The van der Waals surface area contributed by atoms with E-state index in [1.807, 2.05) is 36.2 Å². The molecule has 1 aliphatic carbocycles. The molecule has 0 aromatic heterocycles. The summed E-state index contributed by atoms with van der Waals surface area (Å²) >= 11 is 12.4. The maximum atomic E-state index is 13.9. The number of nitrogens with zero attached hydrogens (tertiary/aromatic N) is 2. The van der Waals surface area contributed by atoms with Crippen LogP contribution in [0.1, 0.15) is 64.5 Å². The predicted molar refractivity (Wildman–Crippen MR) is 160 cm³/mol. The zero-order chi connectivity index (χ0) is 29.9. The third-order valence-electron chi connectivity index (χ3n) is 8.43. The molecule has 0 radical (unpaired) electrons. The number of carbonyl (C=O) groups excluding carboxylic acids is 3. The number of likely N-dealkylation sites (tertiary alicyclic amines) is 1. The zero-order valence-electron chi connectivity index (χ0n) is 24.5. The van der Waals surface area contributed by atoms with Crippen LogP contribution >= 0.6 is 23.2 Å². The van der Waals surface area contributed by atoms with Crippen molar-refractivity contribution >= 4 is 41.0 Å². The van der Waals surface area contributed by atoms with Crippen molar-refractivity contribution in [1.29, 1.82) is 0 Å². The molecule has 2 aliphatic rings. The van der Waals surface area contributed by atoms with E-state index in [4.69, 9.17) is 32.7 Å². The molecule has 1 saturated carbocycles. The molecule has 3 atom stereocenters. The molecule has 1 saturated heterocycles. The van der Waals surface area contributed by atoms with Gasteiger partial charge in [0.2, 0.25) is 5.91 Å². The topological polar surface area (TPSA) is 76.2 Å². The third-order valence-corrected chi connectivity index (χ3v) is 9.17. The van der Waals surface area contributed by atoms with E-state index < -0.39 is 17.0 Å². The van der Waals surface area contributed by atoms with Gasteiger partial charge in [0.05, 0.1) is 16.5 Å². The Hall–Kier alpha value is -2.61. The molecular weight excluding hydrogens is 563 g/mol. The van der Waals surface area contributed by atoms with Gasteiger partial charge in [0.25, 0.3) is 0 Å². The average molecular weight is 604 g/mol. The number of halogens is 2. The summed E-state index contributed by atoms with van der Waals surface area (Å²) in [5.74, 6) is 0.0186. The van der Waals surface area contributed by atoms with E-state index in [1.54, 1.807) is 18.2 Å². The number of ether oxygens (including phenoxy) is 2. The highest BCUT2D eigenvalue weighted by atomic mass is 35.5. The molecular formula is C32H40Cl2N2O5. The minimum Gasteiger partial charge on any atom is -0.457 e. The van der Waals surface area contributed by atoms with Crippen molar-refractivity contribution in [2.75, 3.05) is 26.7 Å². The van der Waals surface area contributed by atoms with E-state index in [0.29, 0.717) is 48.1 Å². The van der Waals surface area contributed by atoms with E-state index in [-0.39, 0.29) is 30.3 Å². The first-order valence-corrected chi connectivity index (χ1v) is 15.0. The number of carbonyl (C=O) groups is 3. The fourth-order valence-corrected chi connectivity index (χ4v) is 7.15. The minimum absolute atomic E-state index is 0.0267. The van der Waals surface area contributed by atoms with Crippen LogP contribution in [0.25, 0.3) is 0 Å². The molecule has 41 heavy (non-hydrogen) atoms. The van der Waals surface area contributed by atoms with Gasteiger partial charge in [-0.05, 0) is 80.6 Å². The van der Waals surface area contributed by atoms with Gasteiger partial charge in [-0.25, -0.2) is 0 Å². The molecule has 3 unspecified atom stereocenters. The Morgan fingerprint density at radius 1 is 1.05 bits per heavy atom. The Kier molecular flexibility index (Phi) is 9.72. The summed E-state index contributed by atoms with van der Waals surface area (Å²) in [6.45, 7) is 9.05. The second kappa shape index (κ2) is 12.7. The lowest BCUT2D eigenvalue weighted by atomic mass is 9.55. The van der Waals surface area contributed by atoms with E-state index in [0.717, 1.165) is 24.1 Å². The molecule has 2 aromatic carbocycles. The van der Waals surface area contributed by atoms with Crippen molar-refractivity contribution in [3.05, 3.63) is 63.6 Å². The van der Waals surface area contributed by atoms with Crippen LogP contribution in [-0.2, 0) is 31.0 Å². The Bertz CT molecular complexity index is 1300. The summed E-state index contributed by atoms with van der Waals surface area (Å²) in [6.07, 6.45) is 2.87. The van der Waals surface area contributed by atoms with E-state index in [1.165, 1.54) is 13.8 Å². The number of benzene rings is 2. The molecule has 1 aliphatic heterocycles. The second-order valence-corrected chi connectivity index (χ2v) is 12.9. The molecule has 0 spiro atoms. The van der Waals surface area contributed by atoms with Crippen LogP contribution in [0.15, 0.2) is 42.5 Å². The van der Waals surface area contributed by atoms with E-state index in [9.17, 15) is 14.4 Å². The Morgan fingerprint density at radius 3 is 2.46 bits per heavy atom. The number of likely N-dealkylation sites (N-methyl/N-ethyl adjacent to an activating group) is 1. The Labute approximate surface area is 253 Å². The van der Waals surface area contributed by atoms with Gasteiger partial charge < -0.3 is 19.3 Å². The molecule has 7 nitrogen and oxygen atoms in total. The lowest BCUT2D eigenvalue weighted by molar-refractivity contribution is -0.189. The maximum Gasteiger partial charge on any atom is 0.308 e. The molecule has 222 valence electrons. The monoisotopic (exact) mass is 602 g/mol. The lowest BCUT2D eigenvalue weighted by Crippen LogP contribution is -2.68. The lowest BCUT2D eigenvalue weighted by Gasteiger charge is -2.60. The Balaban J connectivity index is 1.76. The number of hydrogen-bond acceptors (Lipinski definition) is 6. The molecule has 2 fully saturated rings. The first kappa shape index (κ1) is 31.3. The fraction of sp³-hybridized carbons (Fsp3) is 0.531. The number of esters is 2. The van der Waals surface area contributed by atoms with Gasteiger partial charge in [-0.1, -0.05) is 55.2 Å². The summed E-state index contributed by atoms with van der Waals surface area (Å²) in [4.78, 5) is 42.5. The first-order valence-electron chi connectivity index (χ1n) is 14.2. The van der Waals surface area contributed by atoms with Gasteiger partial charge >= 0.3 is 11.9 Å². The highest BCUT2D eigenvalue weighted by Gasteiger charge is 2.61.